The van der Waals surface area contributed by atoms with Gasteiger partial charge < -0.3 is 10.1 Å². The average Bonchev–Trinajstić information content (AvgIpc) is 3.07. The van der Waals surface area contributed by atoms with Crippen molar-refractivity contribution in [3.8, 4) is 6.07 Å². The van der Waals surface area contributed by atoms with Gasteiger partial charge >= 0.3 is 5.97 Å². The van der Waals surface area contributed by atoms with Crippen LogP contribution in [0.5, 0.6) is 0 Å². The van der Waals surface area contributed by atoms with E-state index in [-0.39, 0.29) is 0 Å². The van der Waals surface area contributed by atoms with Crippen LogP contribution in [0.2, 0.25) is 0 Å². The lowest BCUT2D eigenvalue weighted by atomic mass is 10.2. The molecule has 0 saturated heterocycles. The number of esters is 1. The Labute approximate surface area is 141 Å². The number of hydrogen-bond donors (Lipinski definition) is 1. The number of nitrogens with zero attached hydrogens (tertiary/aromatic N) is 2. The molecule has 1 N–H and O–H groups in total. The monoisotopic (exact) mass is 337 g/mol. The van der Waals surface area contributed by atoms with E-state index in [4.69, 9.17) is 10.00 Å². The molecule has 0 fully saturated rings. The summed E-state index contributed by atoms with van der Waals surface area (Å²) in [6, 6.07) is 13.5. The van der Waals surface area contributed by atoms with Crippen LogP contribution in [0, 0.1) is 11.3 Å². The molecule has 118 valence electrons. The van der Waals surface area contributed by atoms with Gasteiger partial charge in [0.1, 0.15) is 0 Å². The number of hydrogen-bond acceptors (Lipinski definition) is 6. The summed E-state index contributed by atoms with van der Waals surface area (Å²) < 4.78 is 5.89. The minimum Gasteiger partial charge on any atom is -0.452 e. The van der Waals surface area contributed by atoms with Gasteiger partial charge in [-0.2, -0.15) is 5.26 Å². The Bertz CT molecular complexity index is 959. The second kappa shape index (κ2) is 6.89. The third kappa shape index (κ3) is 3.56. The number of ether oxygens (including phenoxy) is 1. The van der Waals surface area contributed by atoms with Crippen molar-refractivity contribution in [3.63, 3.8) is 0 Å². The van der Waals surface area contributed by atoms with Crippen molar-refractivity contribution >= 4 is 39.1 Å². The van der Waals surface area contributed by atoms with Gasteiger partial charge in [-0.1, -0.05) is 6.07 Å². The van der Waals surface area contributed by atoms with E-state index >= 15 is 0 Å². The summed E-state index contributed by atoms with van der Waals surface area (Å²) in [5.41, 5.74) is 3.78. The molecule has 0 saturated carbocycles. The molecule has 0 atom stereocenters. The predicted octanol–water partition coefficient (Wildman–Crippen LogP) is 2.96. The molecule has 7 heteroatoms. The molecule has 0 unspecified atom stereocenters. The second-order valence-corrected chi connectivity index (χ2v) is 5.74. The summed E-state index contributed by atoms with van der Waals surface area (Å²) in [5, 5.41) is 11.4. The van der Waals surface area contributed by atoms with Gasteiger partial charge in [-0.25, -0.2) is 9.78 Å². The molecule has 6 nitrogen and oxygen atoms in total. The number of carbonyl (C=O) groups is 2. The lowest BCUT2D eigenvalue weighted by molar-refractivity contribution is -0.119. The standard InChI is InChI=1S/C17H11N3O3S/c18-8-11-2-1-3-13(6-11)20-16(21)9-23-17(22)12-4-5-14-15(7-12)24-10-19-14/h1-7,10H,9H2,(H,20,21). The molecule has 0 bridgehead atoms. The van der Waals surface area contributed by atoms with Crippen LogP contribution in [0.4, 0.5) is 5.69 Å². The molecule has 0 radical (unpaired) electrons. The molecule has 1 heterocycles. The molecule has 1 aromatic heterocycles. The lowest BCUT2D eigenvalue weighted by Crippen LogP contribution is -2.20. The number of fused-ring (bicyclic) bond motifs is 1. The van der Waals surface area contributed by atoms with Crippen molar-refractivity contribution in [1.29, 1.82) is 5.26 Å². The third-order valence-corrected chi connectivity index (χ3v) is 3.97. The number of nitriles is 1. The van der Waals surface area contributed by atoms with Gasteiger partial charge in [0.2, 0.25) is 0 Å². The molecule has 3 rings (SSSR count). The minimum absolute atomic E-state index is 0.367. The van der Waals surface area contributed by atoms with E-state index in [0.717, 1.165) is 10.2 Å². The Balaban J connectivity index is 1.59. The zero-order valence-corrected chi connectivity index (χ0v) is 13.2. The van der Waals surface area contributed by atoms with Crippen LogP contribution in [0.3, 0.4) is 0 Å². The molecule has 1 amide bonds. The zero-order valence-electron chi connectivity index (χ0n) is 12.4. The van der Waals surface area contributed by atoms with Crippen LogP contribution in [-0.4, -0.2) is 23.5 Å². The highest BCUT2D eigenvalue weighted by atomic mass is 32.1. The molecular formula is C17H11N3O3S. The first kappa shape index (κ1) is 15.6. The topological polar surface area (TPSA) is 92.1 Å². The van der Waals surface area contributed by atoms with Crippen molar-refractivity contribution in [2.45, 2.75) is 0 Å². The highest BCUT2D eigenvalue weighted by molar-refractivity contribution is 7.16. The Morgan fingerprint density at radius 2 is 2.12 bits per heavy atom. The van der Waals surface area contributed by atoms with Gasteiger partial charge in [0.15, 0.2) is 6.61 Å². The first-order valence-electron chi connectivity index (χ1n) is 6.96. The number of thiazole rings is 1. The summed E-state index contributed by atoms with van der Waals surface area (Å²) in [6.45, 7) is -0.406. The van der Waals surface area contributed by atoms with Crippen LogP contribution in [0.25, 0.3) is 10.2 Å². The molecule has 0 aliphatic carbocycles. The van der Waals surface area contributed by atoms with Gasteiger partial charge in [0.05, 0.1) is 32.9 Å². The molecule has 2 aromatic carbocycles. The number of amides is 1. The second-order valence-electron chi connectivity index (χ2n) is 4.85. The fraction of sp³-hybridized carbons (Fsp3) is 0.0588. The lowest BCUT2D eigenvalue weighted by Gasteiger charge is -2.07. The van der Waals surface area contributed by atoms with Crippen molar-refractivity contribution < 1.29 is 14.3 Å². The molecule has 3 aromatic rings. The van der Waals surface area contributed by atoms with Crippen molar-refractivity contribution in [2.75, 3.05) is 11.9 Å². The molecular weight excluding hydrogens is 326 g/mol. The van der Waals surface area contributed by atoms with E-state index in [9.17, 15) is 9.59 Å². The smallest absolute Gasteiger partial charge is 0.338 e. The van der Waals surface area contributed by atoms with Crippen LogP contribution >= 0.6 is 11.3 Å². The summed E-state index contributed by atoms with van der Waals surface area (Å²) in [4.78, 5) is 28.0. The Hall–Kier alpha value is -3.24. The largest absolute Gasteiger partial charge is 0.452 e. The summed E-state index contributed by atoms with van der Waals surface area (Å²) in [7, 11) is 0. The highest BCUT2D eigenvalue weighted by Crippen LogP contribution is 2.19. The van der Waals surface area contributed by atoms with E-state index in [1.54, 1.807) is 41.9 Å². The van der Waals surface area contributed by atoms with Crippen molar-refractivity contribution in [3.05, 3.63) is 59.1 Å². The number of nitrogens with one attached hydrogen (secondary N) is 1. The Morgan fingerprint density at radius 3 is 2.96 bits per heavy atom. The van der Waals surface area contributed by atoms with E-state index in [1.165, 1.54) is 17.4 Å². The fourth-order valence-corrected chi connectivity index (χ4v) is 2.78. The molecule has 24 heavy (non-hydrogen) atoms. The molecule has 0 aliphatic rings. The summed E-state index contributed by atoms with van der Waals surface area (Å²) in [5.74, 6) is -1.05. The SMILES string of the molecule is N#Cc1cccc(NC(=O)COC(=O)c2ccc3ncsc3c2)c1. The van der Waals surface area contributed by atoms with Gasteiger partial charge in [0, 0.05) is 5.69 Å². The fourth-order valence-electron chi connectivity index (χ4n) is 2.06. The van der Waals surface area contributed by atoms with E-state index in [2.05, 4.69) is 10.3 Å². The van der Waals surface area contributed by atoms with Crippen LogP contribution in [0.1, 0.15) is 15.9 Å². The predicted molar refractivity (Wildman–Crippen MR) is 89.7 cm³/mol. The number of aromatic nitrogens is 1. The normalized spacial score (nSPS) is 10.1. The van der Waals surface area contributed by atoms with E-state index < -0.39 is 18.5 Å². The maximum atomic E-state index is 12.0. The summed E-state index contributed by atoms with van der Waals surface area (Å²) >= 11 is 1.42. The first-order valence-corrected chi connectivity index (χ1v) is 7.84. The Kier molecular flexibility index (Phi) is 4.50. The van der Waals surface area contributed by atoms with Crippen molar-refractivity contribution in [2.24, 2.45) is 0 Å². The average molecular weight is 337 g/mol. The van der Waals surface area contributed by atoms with Crippen LogP contribution in [-0.2, 0) is 9.53 Å². The van der Waals surface area contributed by atoms with Gasteiger partial charge in [-0.05, 0) is 36.4 Å². The Morgan fingerprint density at radius 1 is 1.25 bits per heavy atom. The molecule has 0 spiro atoms. The first-order chi connectivity index (χ1) is 11.7. The summed E-state index contributed by atoms with van der Waals surface area (Å²) in [6.07, 6.45) is 0. The zero-order chi connectivity index (χ0) is 16.9. The highest BCUT2D eigenvalue weighted by Gasteiger charge is 2.12. The van der Waals surface area contributed by atoms with Crippen LogP contribution in [0.15, 0.2) is 48.0 Å². The number of anilines is 1. The number of benzene rings is 2. The third-order valence-electron chi connectivity index (χ3n) is 3.18. The van der Waals surface area contributed by atoms with Gasteiger partial charge in [0.25, 0.3) is 5.91 Å². The maximum absolute atomic E-state index is 12.0. The van der Waals surface area contributed by atoms with Gasteiger partial charge in [-0.3, -0.25) is 4.79 Å². The quantitative estimate of drug-likeness (QED) is 0.739. The van der Waals surface area contributed by atoms with E-state index in [1.807, 2.05) is 6.07 Å². The van der Waals surface area contributed by atoms with Gasteiger partial charge in [-0.15, -0.1) is 11.3 Å². The number of rotatable bonds is 4. The molecule has 0 aliphatic heterocycles. The van der Waals surface area contributed by atoms with Crippen molar-refractivity contribution in [1.82, 2.24) is 4.98 Å². The minimum atomic E-state index is -0.578. The number of carbonyl (C=O) groups excluding carboxylic acids is 2. The maximum Gasteiger partial charge on any atom is 0.338 e. The van der Waals surface area contributed by atoms with E-state index in [0.29, 0.717) is 16.8 Å². The van der Waals surface area contributed by atoms with Crippen LogP contribution < -0.4 is 5.32 Å².